The molecule has 0 aliphatic heterocycles. The number of hydrogen-bond acceptors (Lipinski definition) is 1. The molecule has 19 heavy (non-hydrogen) atoms. The van der Waals surface area contributed by atoms with Crippen LogP contribution >= 0.6 is 11.6 Å². The highest BCUT2D eigenvalue weighted by molar-refractivity contribution is 6.30. The standard InChI is InChI=1S/C16H25ClFN/c1-4-9-19-12-16(5-2,6-3)11-13-7-8-14(17)15(18)10-13/h7-8,10,19H,4-6,9,11-12H2,1-3H3. The van der Waals surface area contributed by atoms with Gasteiger partial charge in [-0.25, -0.2) is 4.39 Å². The molecule has 1 aromatic carbocycles. The van der Waals surface area contributed by atoms with Crippen LogP contribution in [0, 0.1) is 11.2 Å². The molecule has 3 heteroatoms. The molecule has 0 fully saturated rings. The van der Waals surface area contributed by atoms with E-state index in [4.69, 9.17) is 11.6 Å². The Morgan fingerprint density at radius 3 is 2.42 bits per heavy atom. The van der Waals surface area contributed by atoms with E-state index in [1.807, 2.05) is 6.07 Å². The van der Waals surface area contributed by atoms with Crippen molar-refractivity contribution in [2.24, 2.45) is 5.41 Å². The van der Waals surface area contributed by atoms with Crippen LogP contribution < -0.4 is 5.32 Å². The van der Waals surface area contributed by atoms with Crippen molar-refractivity contribution < 1.29 is 4.39 Å². The average molecular weight is 286 g/mol. The van der Waals surface area contributed by atoms with Crippen LogP contribution in [0.5, 0.6) is 0 Å². The van der Waals surface area contributed by atoms with E-state index in [2.05, 4.69) is 26.1 Å². The molecule has 0 saturated heterocycles. The van der Waals surface area contributed by atoms with Gasteiger partial charge in [-0.15, -0.1) is 0 Å². The summed E-state index contributed by atoms with van der Waals surface area (Å²) in [5.74, 6) is -0.318. The Bertz CT molecular complexity index is 388. The van der Waals surface area contributed by atoms with E-state index in [1.165, 1.54) is 0 Å². The molecule has 0 bridgehead atoms. The molecule has 108 valence electrons. The minimum atomic E-state index is -0.318. The van der Waals surface area contributed by atoms with Crippen LogP contribution in [0.2, 0.25) is 5.02 Å². The minimum Gasteiger partial charge on any atom is -0.316 e. The predicted octanol–water partition coefficient (Wildman–Crippen LogP) is 4.83. The summed E-state index contributed by atoms with van der Waals surface area (Å²) < 4.78 is 13.5. The van der Waals surface area contributed by atoms with Gasteiger partial charge in [0.1, 0.15) is 5.82 Å². The Morgan fingerprint density at radius 2 is 1.89 bits per heavy atom. The van der Waals surface area contributed by atoms with Gasteiger partial charge in [0.15, 0.2) is 0 Å². The molecule has 0 heterocycles. The summed E-state index contributed by atoms with van der Waals surface area (Å²) in [6.07, 6.45) is 4.21. The quantitative estimate of drug-likeness (QED) is 0.675. The van der Waals surface area contributed by atoms with Gasteiger partial charge in [0.05, 0.1) is 5.02 Å². The van der Waals surface area contributed by atoms with E-state index in [9.17, 15) is 4.39 Å². The van der Waals surface area contributed by atoms with E-state index < -0.39 is 0 Å². The summed E-state index contributed by atoms with van der Waals surface area (Å²) in [6.45, 7) is 8.61. The molecule has 1 nitrogen and oxygen atoms in total. The normalized spacial score (nSPS) is 11.8. The molecule has 0 radical (unpaired) electrons. The molecular formula is C16H25ClFN. The fourth-order valence-electron chi connectivity index (χ4n) is 2.43. The molecule has 0 atom stereocenters. The van der Waals surface area contributed by atoms with Crippen molar-refractivity contribution in [1.82, 2.24) is 5.32 Å². The summed E-state index contributed by atoms with van der Waals surface area (Å²) in [7, 11) is 0. The zero-order valence-corrected chi connectivity index (χ0v) is 13.0. The van der Waals surface area contributed by atoms with Crippen LogP contribution in [0.25, 0.3) is 0 Å². The second kappa shape index (κ2) is 7.86. The van der Waals surface area contributed by atoms with Gasteiger partial charge < -0.3 is 5.32 Å². The second-order valence-electron chi connectivity index (χ2n) is 5.31. The number of rotatable bonds is 8. The first-order valence-corrected chi connectivity index (χ1v) is 7.59. The SMILES string of the molecule is CCCNCC(CC)(CC)Cc1ccc(Cl)c(F)c1. The van der Waals surface area contributed by atoms with Crippen LogP contribution in [0.15, 0.2) is 18.2 Å². The Kier molecular flexibility index (Phi) is 6.81. The lowest BCUT2D eigenvalue weighted by atomic mass is 9.77. The van der Waals surface area contributed by atoms with Crippen molar-refractivity contribution in [3.8, 4) is 0 Å². The first kappa shape index (κ1) is 16.5. The highest BCUT2D eigenvalue weighted by Crippen LogP contribution is 2.31. The zero-order chi connectivity index (χ0) is 14.3. The predicted molar refractivity (Wildman–Crippen MR) is 81.3 cm³/mol. The van der Waals surface area contributed by atoms with Crippen molar-refractivity contribution >= 4 is 11.6 Å². The second-order valence-corrected chi connectivity index (χ2v) is 5.72. The first-order valence-electron chi connectivity index (χ1n) is 7.21. The Balaban J connectivity index is 2.78. The fourth-order valence-corrected chi connectivity index (χ4v) is 2.54. The lowest BCUT2D eigenvalue weighted by molar-refractivity contribution is 0.246. The van der Waals surface area contributed by atoms with Crippen molar-refractivity contribution in [2.45, 2.75) is 46.5 Å². The van der Waals surface area contributed by atoms with Crippen LogP contribution in [0.1, 0.15) is 45.6 Å². The molecule has 1 rings (SSSR count). The molecule has 1 N–H and O–H groups in total. The van der Waals surface area contributed by atoms with Crippen molar-refractivity contribution in [3.05, 3.63) is 34.6 Å². The third-order valence-corrected chi connectivity index (χ3v) is 4.30. The van der Waals surface area contributed by atoms with E-state index >= 15 is 0 Å². The lowest BCUT2D eigenvalue weighted by Crippen LogP contribution is -2.35. The Labute approximate surface area is 121 Å². The average Bonchev–Trinajstić information content (AvgIpc) is 2.42. The molecule has 0 saturated carbocycles. The summed E-state index contributed by atoms with van der Waals surface area (Å²) >= 11 is 5.73. The van der Waals surface area contributed by atoms with E-state index in [0.717, 1.165) is 44.3 Å². The molecular weight excluding hydrogens is 261 g/mol. The Hall–Kier alpha value is -0.600. The van der Waals surface area contributed by atoms with Crippen molar-refractivity contribution in [2.75, 3.05) is 13.1 Å². The van der Waals surface area contributed by atoms with Crippen LogP contribution in [0.3, 0.4) is 0 Å². The van der Waals surface area contributed by atoms with Gasteiger partial charge >= 0.3 is 0 Å². The molecule has 0 aromatic heterocycles. The van der Waals surface area contributed by atoms with Gasteiger partial charge in [-0.3, -0.25) is 0 Å². The number of halogens is 2. The Morgan fingerprint density at radius 1 is 1.21 bits per heavy atom. The fraction of sp³-hybridized carbons (Fsp3) is 0.625. The maximum Gasteiger partial charge on any atom is 0.142 e. The molecule has 0 spiro atoms. The molecule has 0 aliphatic rings. The lowest BCUT2D eigenvalue weighted by Gasteiger charge is -2.32. The minimum absolute atomic E-state index is 0.200. The molecule has 1 aromatic rings. The topological polar surface area (TPSA) is 12.0 Å². The smallest absolute Gasteiger partial charge is 0.142 e. The zero-order valence-electron chi connectivity index (χ0n) is 12.2. The highest BCUT2D eigenvalue weighted by Gasteiger charge is 2.26. The van der Waals surface area contributed by atoms with Crippen molar-refractivity contribution in [3.63, 3.8) is 0 Å². The van der Waals surface area contributed by atoms with Crippen LogP contribution in [-0.2, 0) is 6.42 Å². The van der Waals surface area contributed by atoms with E-state index in [1.54, 1.807) is 12.1 Å². The monoisotopic (exact) mass is 285 g/mol. The van der Waals surface area contributed by atoms with E-state index in [-0.39, 0.29) is 16.3 Å². The highest BCUT2D eigenvalue weighted by atomic mass is 35.5. The summed E-state index contributed by atoms with van der Waals surface area (Å²) in [5.41, 5.74) is 1.24. The molecule has 0 unspecified atom stereocenters. The maximum atomic E-state index is 13.5. The largest absolute Gasteiger partial charge is 0.316 e. The van der Waals surface area contributed by atoms with Gasteiger partial charge in [0, 0.05) is 6.54 Å². The van der Waals surface area contributed by atoms with Gasteiger partial charge in [-0.1, -0.05) is 38.4 Å². The third-order valence-electron chi connectivity index (χ3n) is 3.99. The first-order chi connectivity index (χ1) is 9.06. The molecule has 0 amide bonds. The van der Waals surface area contributed by atoms with Crippen molar-refractivity contribution in [1.29, 1.82) is 0 Å². The summed E-state index contributed by atoms with van der Waals surface area (Å²) in [4.78, 5) is 0. The maximum absolute atomic E-state index is 13.5. The molecule has 0 aliphatic carbocycles. The van der Waals surface area contributed by atoms with Gasteiger partial charge in [-0.05, 0) is 55.3 Å². The third kappa shape index (κ3) is 4.77. The number of benzene rings is 1. The van der Waals surface area contributed by atoms with Crippen LogP contribution in [0.4, 0.5) is 4.39 Å². The number of hydrogen-bond donors (Lipinski definition) is 1. The van der Waals surface area contributed by atoms with Crippen LogP contribution in [-0.4, -0.2) is 13.1 Å². The van der Waals surface area contributed by atoms with Gasteiger partial charge in [0.2, 0.25) is 0 Å². The van der Waals surface area contributed by atoms with Gasteiger partial charge in [-0.2, -0.15) is 0 Å². The summed E-state index contributed by atoms with van der Waals surface area (Å²) in [5, 5.41) is 3.70. The summed E-state index contributed by atoms with van der Waals surface area (Å²) in [6, 6.07) is 5.16. The number of nitrogens with one attached hydrogen (secondary N) is 1. The van der Waals surface area contributed by atoms with Gasteiger partial charge in [0.25, 0.3) is 0 Å². The van der Waals surface area contributed by atoms with E-state index in [0.29, 0.717) is 0 Å².